The summed E-state index contributed by atoms with van der Waals surface area (Å²) in [5, 5.41) is 10.3. The Morgan fingerprint density at radius 1 is 1.36 bits per heavy atom. The predicted octanol–water partition coefficient (Wildman–Crippen LogP) is 4.06. The van der Waals surface area contributed by atoms with Gasteiger partial charge in [0, 0.05) is 29.5 Å². The number of ether oxygens (including phenoxy) is 1. The number of rotatable bonds is 6. The molecule has 0 spiro atoms. The van der Waals surface area contributed by atoms with E-state index >= 15 is 0 Å². The van der Waals surface area contributed by atoms with Crippen LogP contribution in [0.3, 0.4) is 0 Å². The molecule has 1 aliphatic rings. The molecule has 3 rings (SSSR count). The molecule has 1 atom stereocenters. The van der Waals surface area contributed by atoms with Gasteiger partial charge in [-0.3, -0.25) is 4.57 Å². The maximum absolute atomic E-state index is 5.95. The normalized spacial score (nSPS) is 17.8. The molecule has 2 heterocycles. The number of nitrogens with zero attached hydrogens (tertiary/aromatic N) is 3. The molecule has 0 N–H and O–H groups in total. The highest BCUT2D eigenvalue weighted by molar-refractivity contribution is 7.99. The molecular formula is C16H18ClN3OS. The monoisotopic (exact) mass is 335 g/mol. The van der Waals surface area contributed by atoms with E-state index < -0.39 is 0 Å². The van der Waals surface area contributed by atoms with Crippen LogP contribution in [0.15, 0.2) is 42.1 Å². The summed E-state index contributed by atoms with van der Waals surface area (Å²) < 4.78 is 7.75. The zero-order chi connectivity index (χ0) is 15.4. The molecule has 116 valence electrons. The average molecular weight is 336 g/mol. The lowest BCUT2D eigenvalue weighted by molar-refractivity contribution is 0.129. The molecule has 1 aromatic heterocycles. The quantitative estimate of drug-likeness (QED) is 0.589. The van der Waals surface area contributed by atoms with Gasteiger partial charge in [-0.25, -0.2) is 0 Å². The molecule has 1 unspecified atom stereocenters. The molecule has 0 saturated carbocycles. The number of halogens is 1. The van der Waals surface area contributed by atoms with Gasteiger partial charge in [0.05, 0.1) is 6.10 Å². The van der Waals surface area contributed by atoms with Crippen LogP contribution in [-0.4, -0.2) is 33.2 Å². The Kier molecular flexibility index (Phi) is 5.18. The van der Waals surface area contributed by atoms with Gasteiger partial charge in [0.15, 0.2) is 11.0 Å². The van der Waals surface area contributed by atoms with Crippen molar-refractivity contribution in [3.05, 3.63) is 41.9 Å². The van der Waals surface area contributed by atoms with Gasteiger partial charge >= 0.3 is 0 Å². The summed E-state index contributed by atoms with van der Waals surface area (Å²) in [6.45, 7) is 5.39. The van der Waals surface area contributed by atoms with Crippen LogP contribution in [0, 0.1) is 0 Å². The molecule has 0 bridgehead atoms. The zero-order valence-electron chi connectivity index (χ0n) is 12.2. The second-order valence-electron chi connectivity index (χ2n) is 5.16. The van der Waals surface area contributed by atoms with Gasteiger partial charge in [-0.15, -0.1) is 16.8 Å². The Hall–Kier alpha value is -1.30. The lowest BCUT2D eigenvalue weighted by Crippen LogP contribution is -2.09. The van der Waals surface area contributed by atoms with Crippen molar-refractivity contribution in [2.24, 2.45) is 0 Å². The third-order valence-corrected chi connectivity index (χ3v) is 4.90. The summed E-state index contributed by atoms with van der Waals surface area (Å²) >= 11 is 7.64. The maximum Gasteiger partial charge on any atom is 0.191 e. The molecule has 0 aliphatic carbocycles. The first-order valence-corrected chi connectivity index (χ1v) is 8.68. The van der Waals surface area contributed by atoms with Crippen molar-refractivity contribution in [3.63, 3.8) is 0 Å². The fourth-order valence-electron chi connectivity index (χ4n) is 2.44. The third kappa shape index (κ3) is 3.54. The van der Waals surface area contributed by atoms with Crippen LogP contribution in [0.25, 0.3) is 11.4 Å². The molecule has 1 saturated heterocycles. The molecule has 6 heteroatoms. The van der Waals surface area contributed by atoms with Crippen molar-refractivity contribution < 1.29 is 4.74 Å². The van der Waals surface area contributed by atoms with Crippen molar-refractivity contribution >= 4 is 23.4 Å². The van der Waals surface area contributed by atoms with Crippen molar-refractivity contribution in [2.75, 3.05) is 12.4 Å². The molecule has 4 nitrogen and oxygen atoms in total. The summed E-state index contributed by atoms with van der Waals surface area (Å²) in [7, 11) is 0. The minimum Gasteiger partial charge on any atom is -0.377 e. The van der Waals surface area contributed by atoms with Crippen molar-refractivity contribution in [1.82, 2.24) is 14.8 Å². The summed E-state index contributed by atoms with van der Waals surface area (Å²) in [4.78, 5) is 0. The van der Waals surface area contributed by atoms with Crippen molar-refractivity contribution in [3.8, 4) is 11.4 Å². The van der Waals surface area contributed by atoms with E-state index in [0.29, 0.717) is 17.7 Å². The van der Waals surface area contributed by atoms with Crippen molar-refractivity contribution in [1.29, 1.82) is 0 Å². The Morgan fingerprint density at radius 2 is 2.18 bits per heavy atom. The first kappa shape index (κ1) is 15.6. The van der Waals surface area contributed by atoms with Crippen molar-refractivity contribution in [2.45, 2.75) is 30.6 Å². The number of hydrogen-bond acceptors (Lipinski definition) is 4. The first-order chi connectivity index (χ1) is 10.8. The Balaban J connectivity index is 1.81. The molecule has 0 radical (unpaired) electrons. The Morgan fingerprint density at radius 3 is 2.86 bits per heavy atom. The lowest BCUT2D eigenvalue weighted by Gasteiger charge is -2.10. The Labute approximate surface area is 139 Å². The summed E-state index contributed by atoms with van der Waals surface area (Å²) in [6.07, 6.45) is 4.48. The highest BCUT2D eigenvalue weighted by atomic mass is 35.5. The number of hydrogen-bond donors (Lipinski definition) is 0. The van der Waals surface area contributed by atoms with Gasteiger partial charge in [-0.05, 0) is 37.1 Å². The topological polar surface area (TPSA) is 39.9 Å². The lowest BCUT2D eigenvalue weighted by atomic mass is 10.2. The molecule has 2 aromatic rings. The molecule has 1 fully saturated rings. The summed E-state index contributed by atoms with van der Waals surface area (Å²) in [5.74, 6) is 1.75. The van der Waals surface area contributed by atoms with E-state index in [9.17, 15) is 0 Å². The van der Waals surface area contributed by atoms with E-state index in [2.05, 4.69) is 21.3 Å². The fourth-order valence-corrected chi connectivity index (χ4v) is 3.58. The van der Waals surface area contributed by atoms with E-state index in [1.54, 1.807) is 11.8 Å². The molecule has 1 aromatic carbocycles. The predicted molar refractivity (Wildman–Crippen MR) is 90.4 cm³/mol. The molecule has 0 amide bonds. The summed E-state index contributed by atoms with van der Waals surface area (Å²) in [5.41, 5.74) is 1.00. The number of aromatic nitrogens is 3. The first-order valence-electron chi connectivity index (χ1n) is 7.32. The number of allylic oxidation sites excluding steroid dienone is 1. The minimum absolute atomic E-state index is 0.331. The van der Waals surface area contributed by atoms with Crippen LogP contribution in [-0.2, 0) is 11.3 Å². The molecule has 22 heavy (non-hydrogen) atoms. The highest BCUT2D eigenvalue weighted by Gasteiger charge is 2.19. The average Bonchev–Trinajstić information content (AvgIpc) is 3.16. The van der Waals surface area contributed by atoms with Gasteiger partial charge < -0.3 is 4.74 Å². The zero-order valence-corrected chi connectivity index (χ0v) is 13.8. The minimum atomic E-state index is 0.331. The SMILES string of the molecule is C=CCn1c(SCC2CCCO2)nnc1-c1ccc(Cl)cc1. The van der Waals surface area contributed by atoms with Gasteiger partial charge in [0.2, 0.25) is 0 Å². The van der Waals surface area contributed by atoms with Gasteiger partial charge in [-0.1, -0.05) is 29.4 Å². The van der Waals surface area contributed by atoms with Crippen LogP contribution < -0.4 is 0 Å². The largest absolute Gasteiger partial charge is 0.377 e. The second-order valence-corrected chi connectivity index (χ2v) is 6.58. The number of benzene rings is 1. The van der Waals surface area contributed by atoms with E-state index in [1.807, 2.05) is 30.3 Å². The van der Waals surface area contributed by atoms with Gasteiger partial charge in [-0.2, -0.15) is 0 Å². The van der Waals surface area contributed by atoms with Gasteiger partial charge in [0.25, 0.3) is 0 Å². The second kappa shape index (κ2) is 7.31. The van der Waals surface area contributed by atoms with Gasteiger partial charge in [0.1, 0.15) is 0 Å². The molecular weight excluding hydrogens is 318 g/mol. The van der Waals surface area contributed by atoms with Crippen LogP contribution in [0.2, 0.25) is 5.02 Å². The summed E-state index contributed by atoms with van der Waals surface area (Å²) in [6, 6.07) is 7.65. The van der Waals surface area contributed by atoms with E-state index in [-0.39, 0.29) is 0 Å². The Bertz CT molecular complexity index is 635. The van der Waals surface area contributed by atoms with Crippen LogP contribution >= 0.6 is 23.4 Å². The highest BCUT2D eigenvalue weighted by Crippen LogP contribution is 2.27. The van der Waals surface area contributed by atoms with Crippen LogP contribution in [0.4, 0.5) is 0 Å². The number of thioether (sulfide) groups is 1. The maximum atomic E-state index is 5.95. The van der Waals surface area contributed by atoms with Crippen LogP contribution in [0.5, 0.6) is 0 Å². The van der Waals surface area contributed by atoms with E-state index in [0.717, 1.165) is 41.7 Å². The van der Waals surface area contributed by atoms with Crippen LogP contribution in [0.1, 0.15) is 12.8 Å². The van der Waals surface area contributed by atoms with E-state index in [4.69, 9.17) is 16.3 Å². The fraction of sp³-hybridized carbons (Fsp3) is 0.375. The third-order valence-electron chi connectivity index (χ3n) is 3.55. The standard InChI is InChI=1S/C16H18ClN3OS/c1-2-9-20-15(12-5-7-13(17)8-6-12)18-19-16(20)22-11-14-4-3-10-21-14/h2,5-8,14H,1,3-4,9-11H2. The van der Waals surface area contributed by atoms with E-state index in [1.165, 1.54) is 0 Å². The molecule has 1 aliphatic heterocycles. The smallest absolute Gasteiger partial charge is 0.191 e.